The average molecular weight is 686 g/mol. The van der Waals surface area contributed by atoms with Gasteiger partial charge in [-0.05, 0) is 41.5 Å². The molecule has 1 N–H and O–H groups in total. The maximum absolute atomic E-state index is 10.4. The van der Waals surface area contributed by atoms with Crippen LogP contribution in [0.1, 0.15) is 36.2 Å². The number of hydrogen-bond donors (Lipinski definition) is 1. The molecule has 0 fully saturated rings. The molecule has 13 heteroatoms. The van der Waals surface area contributed by atoms with Crippen molar-refractivity contribution in [3.05, 3.63) is 102 Å². The first-order valence-corrected chi connectivity index (χ1v) is 16.6. The van der Waals surface area contributed by atoms with E-state index in [9.17, 15) is 5.26 Å². The molecule has 6 aromatic rings. The number of nitrogens with one attached hydrogen (secondary N) is 1. The number of pyridine rings is 2. The summed E-state index contributed by atoms with van der Waals surface area (Å²) in [6.45, 7) is 7.33. The van der Waals surface area contributed by atoms with Gasteiger partial charge in [0.15, 0.2) is 17.2 Å². The summed E-state index contributed by atoms with van der Waals surface area (Å²) in [6, 6.07) is 23.9. The van der Waals surface area contributed by atoms with Gasteiger partial charge in [-0.25, -0.2) is 9.97 Å². The number of imidazole rings is 1. The van der Waals surface area contributed by atoms with E-state index in [1.54, 1.807) is 31.0 Å². The largest absolute Gasteiger partial charge is 0.497 e. The fourth-order valence-electron chi connectivity index (χ4n) is 6.20. The van der Waals surface area contributed by atoms with Gasteiger partial charge in [-0.2, -0.15) is 15.3 Å². The Labute approximate surface area is 296 Å². The molecular formula is C38H39N9O4. The molecule has 0 aliphatic carbocycles. The number of anilines is 3. The summed E-state index contributed by atoms with van der Waals surface area (Å²) in [4.78, 5) is 16.1. The predicted octanol–water partition coefficient (Wildman–Crippen LogP) is 6.50. The normalized spacial score (nSPS) is 13.6. The Morgan fingerprint density at radius 3 is 2.27 bits per heavy atom. The molecule has 13 nitrogen and oxygen atoms in total. The summed E-state index contributed by atoms with van der Waals surface area (Å²) in [5.41, 5.74) is 4.34. The third kappa shape index (κ3) is 6.99. The van der Waals surface area contributed by atoms with Gasteiger partial charge in [-0.1, -0.05) is 38.1 Å². The lowest BCUT2D eigenvalue weighted by Gasteiger charge is -2.25. The molecular weight excluding hydrogens is 646 g/mol. The smallest absolute Gasteiger partial charge is 0.210 e. The van der Waals surface area contributed by atoms with Crippen LogP contribution in [-0.2, 0) is 36.8 Å². The number of rotatable bonds is 11. The average Bonchev–Trinajstić information content (AvgIpc) is 3.66. The Morgan fingerprint density at radius 1 is 0.941 bits per heavy atom. The van der Waals surface area contributed by atoms with E-state index in [2.05, 4.69) is 35.1 Å². The quantitative estimate of drug-likeness (QED) is 0.160. The van der Waals surface area contributed by atoms with E-state index < -0.39 is 0 Å². The lowest BCUT2D eigenvalue weighted by molar-refractivity contribution is 0.103. The summed E-state index contributed by atoms with van der Waals surface area (Å²) in [5.74, 6) is 4.27. The van der Waals surface area contributed by atoms with Crippen molar-refractivity contribution in [1.82, 2.24) is 29.3 Å². The van der Waals surface area contributed by atoms with E-state index in [0.29, 0.717) is 78.7 Å². The van der Waals surface area contributed by atoms with Gasteiger partial charge in [0, 0.05) is 49.6 Å². The fourth-order valence-corrected chi connectivity index (χ4v) is 6.20. The lowest BCUT2D eigenvalue weighted by Crippen LogP contribution is -2.24. The third-order valence-electron chi connectivity index (χ3n) is 8.93. The Hall–Kier alpha value is -6.13. The van der Waals surface area contributed by atoms with E-state index in [1.807, 2.05) is 72.4 Å². The highest BCUT2D eigenvalue weighted by molar-refractivity contribution is 5.84. The first-order chi connectivity index (χ1) is 24.7. The van der Waals surface area contributed by atoms with Crippen LogP contribution in [0.4, 0.5) is 17.6 Å². The number of ether oxygens (including phenoxy) is 4. The van der Waals surface area contributed by atoms with Gasteiger partial charge in [0.05, 0.1) is 40.2 Å². The van der Waals surface area contributed by atoms with Gasteiger partial charge in [-0.15, -0.1) is 0 Å². The summed E-state index contributed by atoms with van der Waals surface area (Å²) >= 11 is 0. The second-order valence-corrected chi connectivity index (χ2v) is 13.0. The number of benzene rings is 2. The number of aromatic nitrogens is 6. The van der Waals surface area contributed by atoms with E-state index >= 15 is 0 Å². The van der Waals surface area contributed by atoms with Gasteiger partial charge in [0.25, 0.3) is 0 Å². The molecule has 0 saturated carbocycles. The second-order valence-electron chi connectivity index (χ2n) is 13.0. The summed E-state index contributed by atoms with van der Waals surface area (Å²) in [5, 5.41) is 18.5. The molecule has 4 aromatic heterocycles. The van der Waals surface area contributed by atoms with E-state index in [1.165, 1.54) is 6.20 Å². The molecule has 1 aliphatic rings. The van der Waals surface area contributed by atoms with Gasteiger partial charge in [0.2, 0.25) is 5.95 Å². The van der Waals surface area contributed by atoms with Crippen LogP contribution >= 0.6 is 0 Å². The highest BCUT2D eigenvalue weighted by Crippen LogP contribution is 2.34. The van der Waals surface area contributed by atoms with Crippen LogP contribution in [0.5, 0.6) is 23.0 Å². The monoisotopic (exact) mass is 685 g/mol. The number of nitrogens with zero attached hydrogens (tertiary/aromatic N) is 8. The van der Waals surface area contributed by atoms with Crippen molar-refractivity contribution in [2.24, 2.45) is 7.05 Å². The highest BCUT2D eigenvalue weighted by atomic mass is 16.5. The van der Waals surface area contributed by atoms with Crippen LogP contribution in [0.3, 0.4) is 0 Å². The van der Waals surface area contributed by atoms with Crippen LogP contribution in [0, 0.1) is 11.3 Å². The number of hydrogen-bond acceptors (Lipinski definition) is 11. The molecule has 0 unspecified atom stereocenters. The molecule has 7 rings (SSSR count). The van der Waals surface area contributed by atoms with Crippen molar-refractivity contribution in [2.45, 2.75) is 38.9 Å². The molecule has 0 saturated heterocycles. The first kappa shape index (κ1) is 33.4. The number of aryl methyl sites for hydroxylation is 1. The van der Waals surface area contributed by atoms with E-state index in [4.69, 9.17) is 34.0 Å². The standard InChI is InChI=1S/C38H39N9O4/c1-38(2)24-50-17-16-47-32(38)19-33(44-47)42-37-43-36-35(45(37)3)30(20-39)31(21-41-36)51-29-14-15-40-34(18-29)46(22-25-6-10-27(48-4)11-7-25)23-26-8-12-28(49-5)13-9-26/h6-15,18-19,21H,16-17,22-24H2,1-5H3,(H,41,42,43,44). The molecule has 1 aliphatic heterocycles. The van der Waals surface area contributed by atoms with Crippen molar-refractivity contribution in [1.29, 1.82) is 5.26 Å². The number of fused-ring (bicyclic) bond motifs is 2. The van der Waals surface area contributed by atoms with Gasteiger partial charge >= 0.3 is 0 Å². The molecule has 0 spiro atoms. The maximum atomic E-state index is 10.4. The Bertz CT molecular complexity index is 2150. The van der Waals surface area contributed by atoms with Gasteiger partial charge in [0.1, 0.15) is 40.2 Å². The zero-order chi connectivity index (χ0) is 35.5. The van der Waals surface area contributed by atoms with Crippen LogP contribution < -0.4 is 24.4 Å². The summed E-state index contributed by atoms with van der Waals surface area (Å²) < 4.78 is 26.6. The van der Waals surface area contributed by atoms with Crippen molar-refractivity contribution in [2.75, 3.05) is 37.7 Å². The van der Waals surface area contributed by atoms with Crippen LogP contribution in [0.15, 0.2) is 79.1 Å². The second kappa shape index (κ2) is 14.0. The third-order valence-corrected chi connectivity index (χ3v) is 8.93. The van der Waals surface area contributed by atoms with Crippen LogP contribution in [0.25, 0.3) is 11.2 Å². The molecule has 51 heavy (non-hydrogen) atoms. The van der Waals surface area contributed by atoms with E-state index in [-0.39, 0.29) is 5.41 Å². The topological polar surface area (TPSA) is 137 Å². The number of methoxy groups -OCH3 is 2. The predicted molar refractivity (Wildman–Crippen MR) is 193 cm³/mol. The molecule has 0 radical (unpaired) electrons. The van der Waals surface area contributed by atoms with E-state index in [0.717, 1.165) is 28.3 Å². The van der Waals surface area contributed by atoms with Crippen molar-refractivity contribution >= 4 is 28.7 Å². The fraction of sp³-hybridized carbons (Fsp3) is 0.289. The minimum absolute atomic E-state index is 0.188. The van der Waals surface area contributed by atoms with Gasteiger partial charge < -0.3 is 33.7 Å². The molecule has 5 heterocycles. The Balaban J connectivity index is 1.17. The van der Waals surface area contributed by atoms with Crippen molar-refractivity contribution < 1.29 is 18.9 Å². The molecule has 2 aromatic carbocycles. The van der Waals surface area contributed by atoms with Gasteiger partial charge in [-0.3, -0.25) is 4.68 Å². The maximum Gasteiger partial charge on any atom is 0.210 e. The molecule has 0 amide bonds. The Kier molecular flexibility index (Phi) is 9.16. The first-order valence-electron chi connectivity index (χ1n) is 16.6. The van der Waals surface area contributed by atoms with Crippen molar-refractivity contribution in [3.63, 3.8) is 0 Å². The minimum Gasteiger partial charge on any atom is -0.497 e. The Morgan fingerprint density at radius 2 is 1.63 bits per heavy atom. The van der Waals surface area contributed by atoms with Crippen LogP contribution in [0.2, 0.25) is 0 Å². The molecule has 260 valence electrons. The highest BCUT2D eigenvalue weighted by Gasteiger charge is 2.29. The summed E-state index contributed by atoms with van der Waals surface area (Å²) in [7, 11) is 5.14. The number of nitriles is 1. The minimum atomic E-state index is -0.188. The summed E-state index contributed by atoms with van der Waals surface area (Å²) in [6.07, 6.45) is 3.23. The molecule has 0 atom stereocenters. The lowest BCUT2D eigenvalue weighted by atomic mass is 9.90. The zero-order valence-corrected chi connectivity index (χ0v) is 29.3. The van der Waals surface area contributed by atoms with Crippen LogP contribution in [-0.4, -0.2) is 56.7 Å². The van der Waals surface area contributed by atoms with Crippen molar-refractivity contribution in [3.8, 4) is 29.1 Å². The molecule has 0 bridgehead atoms. The zero-order valence-electron chi connectivity index (χ0n) is 29.3. The SMILES string of the molecule is COc1ccc(CN(Cc2ccc(OC)cc2)c2cc(Oc3cnc4nc(Nc5cc6n(n5)CCOCC6(C)C)n(C)c4c3C#N)ccn2)cc1.